The second-order valence-electron chi connectivity index (χ2n) is 8.99. The number of carbonyl (C=O) groups is 2. The molecule has 7 atom stereocenters. The fourth-order valence-corrected chi connectivity index (χ4v) is 6.81. The van der Waals surface area contributed by atoms with Crippen LogP contribution in [-0.4, -0.2) is 22.8 Å². The summed E-state index contributed by atoms with van der Waals surface area (Å²) in [7, 11) is 0. The van der Waals surface area contributed by atoms with Crippen molar-refractivity contribution in [1.29, 1.82) is 0 Å². The van der Waals surface area contributed by atoms with E-state index >= 15 is 0 Å². The van der Waals surface area contributed by atoms with E-state index in [0.29, 0.717) is 42.8 Å². The molecule has 0 heterocycles. The normalized spacial score (nSPS) is 54.6. The first kappa shape index (κ1) is 14.9. The van der Waals surface area contributed by atoms with Crippen LogP contribution >= 0.6 is 0 Å². The highest BCUT2D eigenvalue weighted by Crippen LogP contribution is 2.65. The monoisotopic (exact) mass is 304 g/mol. The summed E-state index contributed by atoms with van der Waals surface area (Å²) in [5, 5.41) is 10.4. The highest BCUT2D eigenvalue weighted by molar-refractivity contribution is 5.90. The molecule has 0 aromatic rings. The van der Waals surface area contributed by atoms with Gasteiger partial charge in [0.2, 0.25) is 0 Å². The molecule has 4 aliphatic rings. The first-order chi connectivity index (χ1) is 10.4. The van der Waals surface area contributed by atoms with Crippen molar-refractivity contribution in [3.05, 3.63) is 0 Å². The number of hydrogen-bond acceptors (Lipinski definition) is 3. The molecule has 0 bridgehead atoms. The van der Waals surface area contributed by atoms with Gasteiger partial charge in [-0.2, -0.15) is 0 Å². The number of aliphatic hydroxyl groups excluding tert-OH is 1. The van der Waals surface area contributed by atoms with E-state index in [1.165, 1.54) is 0 Å². The minimum atomic E-state index is -0.188. The summed E-state index contributed by atoms with van der Waals surface area (Å²) in [6.07, 6.45) is 6.71. The Morgan fingerprint density at radius 3 is 2.45 bits per heavy atom. The lowest BCUT2D eigenvalue weighted by atomic mass is 9.45. The van der Waals surface area contributed by atoms with Crippen LogP contribution in [0, 0.1) is 34.5 Å². The third-order valence-electron chi connectivity index (χ3n) is 8.23. The molecule has 1 N–H and O–H groups in total. The maximum Gasteiger partial charge on any atom is 0.137 e. The lowest BCUT2D eigenvalue weighted by Crippen LogP contribution is -2.57. The number of Topliss-reactive ketones (excluding diaryl/α,β-unsaturated/α-hetero) is 2. The van der Waals surface area contributed by atoms with E-state index in [2.05, 4.69) is 13.8 Å². The van der Waals surface area contributed by atoms with Gasteiger partial charge in [-0.15, -0.1) is 0 Å². The molecule has 0 aromatic carbocycles. The Balaban J connectivity index is 1.69. The van der Waals surface area contributed by atoms with Gasteiger partial charge in [-0.05, 0) is 60.7 Å². The van der Waals surface area contributed by atoms with E-state index in [9.17, 15) is 14.7 Å². The fourth-order valence-electron chi connectivity index (χ4n) is 6.81. The van der Waals surface area contributed by atoms with Crippen LogP contribution in [0.4, 0.5) is 0 Å². The molecular weight excluding hydrogens is 276 g/mol. The standard InChI is InChI=1S/C19H28O3/c1-18-7-5-11(20)9-15(18)16(21)10-12-13-3-4-17(22)19(13,2)8-6-14(12)18/h12-15,17,22H,3-10H2,1-2H3. The second kappa shape index (κ2) is 4.66. The van der Waals surface area contributed by atoms with E-state index < -0.39 is 0 Å². The quantitative estimate of drug-likeness (QED) is 0.748. The molecule has 4 fully saturated rings. The maximum atomic E-state index is 12.8. The Hall–Kier alpha value is -0.700. The number of aliphatic hydroxyl groups is 1. The van der Waals surface area contributed by atoms with E-state index in [1.54, 1.807) is 0 Å². The van der Waals surface area contributed by atoms with E-state index in [4.69, 9.17) is 0 Å². The lowest BCUT2D eigenvalue weighted by Gasteiger charge is -2.59. The molecular formula is C19H28O3. The molecule has 4 aliphatic carbocycles. The number of carbonyl (C=O) groups excluding carboxylic acids is 2. The highest BCUT2D eigenvalue weighted by atomic mass is 16.3. The first-order valence-electron chi connectivity index (χ1n) is 9.09. The molecule has 3 heteroatoms. The SMILES string of the molecule is CC12CCC3C(CC(=O)C4CC(=O)CCC43C)C1CCC2O. The Labute approximate surface area is 132 Å². The summed E-state index contributed by atoms with van der Waals surface area (Å²) in [5.74, 6) is 2.12. The minimum Gasteiger partial charge on any atom is -0.393 e. The van der Waals surface area contributed by atoms with E-state index in [1.807, 2.05) is 0 Å². The smallest absolute Gasteiger partial charge is 0.137 e. The fraction of sp³-hybridized carbons (Fsp3) is 0.895. The first-order valence-corrected chi connectivity index (χ1v) is 9.09. The maximum absolute atomic E-state index is 12.8. The van der Waals surface area contributed by atoms with Gasteiger partial charge in [0, 0.05) is 25.2 Å². The van der Waals surface area contributed by atoms with Crippen LogP contribution < -0.4 is 0 Å². The van der Waals surface area contributed by atoms with Crippen LogP contribution in [0.2, 0.25) is 0 Å². The molecule has 122 valence electrons. The van der Waals surface area contributed by atoms with Crippen LogP contribution in [0.25, 0.3) is 0 Å². The minimum absolute atomic E-state index is 0.0225. The van der Waals surface area contributed by atoms with Crippen LogP contribution in [-0.2, 0) is 9.59 Å². The van der Waals surface area contributed by atoms with Crippen molar-refractivity contribution in [3.8, 4) is 0 Å². The van der Waals surface area contributed by atoms with Gasteiger partial charge < -0.3 is 5.11 Å². The molecule has 0 spiro atoms. The van der Waals surface area contributed by atoms with Gasteiger partial charge in [-0.25, -0.2) is 0 Å². The van der Waals surface area contributed by atoms with Gasteiger partial charge in [-0.1, -0.05) is 13.8 Å². The van der Waals surface area contributed by atoms with Gasteiger partial charge in [0.1, 0.15) is 11.6 Å². The van der Waals surface area contributed by atoms with Crippen LogP contribution in [0.15, 0.2) is 0 Å². The summed E-state index contributed by atoms with van der Waals surface area (Å²) in [6, 6.07) is 0. The zero-order valence-electron chi connectivity index (χ0n) is 13.8. The molecule has 7 unspecified atom stereocenters. The Morgan fingerprint density at radius 1 is 0.955 bits per heavy atom. The predicted molar refractivity (Wildman–Crippen MR) is 83.1 cm³/mol. The number of fused-ring (bicyclic) bond motifs is 5. The summed E-state index contributed by atoms with van der Waals surface area (Å²) >= 11 is 0. The predicted octanol–water partition coefficient (Wildman–Crippen LogP) is 3.14. The van der Waals surface area contributed by atoms with E-state index in [-0.39, 0.29) is 28.6 Å². The van der Waals surface area contributed by atoms with Crippen LogP contribution in [0.3, 0.4) is 0 Å². The lowest BCUT2D eigenvalue weighted by molar-refractivity contribution is -0.160. The van der Waals surface area contributed by atoms with Crippen molar-refractivity contribution in [2.24, 2.45) is 34.5 Å². The third-order valence-corrected chi connectivity index (χ3v) is 8.23. The summed E-state index contributed by atoms with van der Waals surface area (Å²) < 4.78 is 0. The molecule has 3 nitrogen and oxygen atoms in total. The summed E-state index contributed by atoms with van der Waals surface area (Å²) in [4.78, 5) is 24.7. The van der Waals surface area contributed by atoms with Gasteiger partial charge in [0.15, 0.2) is 0 Å². The number of hydrogen-bond donors (Lipinski definition) is 1. The second-order valence-corrected chi connectivity index (χ2v) is 8.99. The van der Waals surface area contributed by atoms with Crippen LogP contribution in [0.1, 0.15) is 65.2 Å². The zero-order valence-corrected chi connectivity index (χ0v) is 13.8. The van der Waals surface area contributed by atoms with Crippen molar-refractivity contribution in [2.45, 2.75) is 71.3 Å². The molecule has 4 rings (SSSR count). The Bertz CT molecular complexity index is 527. The topological polar surface area (TPSA) is 54.4 Å². The van der Waals surface area contributed by atoms with E-state index in [0.717, 1.165) is 32.1 Å². The van der Waals surface area contributed by atoms with Gasteiger partial charge in [0.25, 0.3) is 0 Å². The molecule has 0 aromatic heterocycles. The van der Waals surface area contributed by atoms with Crippen molar-refractivity contribution < 1.29 is 14.7 Å². The largest absolute Gasteiger partial charge is 0.393 e. The zero-order chi connectivity index (χ0) is 15.7. The molecule has 0 saturated heterocycles. The molecule has 22 heavy (non-hydrogen) atoms. The van der Waals surface area contributed by atoms with Crippen LogP contribution in [0.5, 0.6) is 0 Å². The Morgan fingerprint density at radius 2 is 1.68 bits per heavy atom. The van der Waals surface area contributed by atoms with Crippen molar-refractivity contribution in [2.75, 3.05) is 0 Å². The molecule has 0 aliphatic heterocycles. The average molecular weight is 304 g/mol. The number of rotatable bonds is 0. The third kappa shape index (κ3) is 1.78. The summed E-state index contributed by atoms with van der Waals surface area (Å²) in [6.45, 7) is 4.53. The summed E-state index contributed by atoms with van der Waals surface area (Å²) in [5.41, 5.74) is 0.0535. The van der Waals surface area contributed by atoms with Gasteiger partial charge >= 0.3 is 0 Å². The van der Waals surface area contributed by atoms with Crippen molar-refractivity contribution in [3.63, 3.8) is 0 Å². The van der Waals surface area contributed by atoms with Crippen molar-refractivity contribution >= 4 is 11.6 Å². The number of ketones is 2. The van der Waals surface area contributed by atoms with Gasteiger partial charge in [0.05, 0.1) is 6.10 Å². The average Bonchev–Trinajstić information content (AvgIpc) is 2.77. The Kier molecular flexibility index (Phi) is 3.15. The van der Waals surface area contributed by atoms with Gasteiger partial charge in [-0.3, -0.25) is 9.59 Å². The molecule has 0 radical (unpaired) electrons. The highest BCUT2D eigenvalue weighted by Gasteiger charge is 2.62. The molecule has 4 saturated carbocycles. The molecule has 0 amide bonds. The van der Waals surface area contributed by atoms with Crippen molar-refractivity contribution in [1.82, 2.24) is 0 Å².